The number of methoxy groups -OCH3 is 1. The summed E-state index contributed by atoms with van der Waals surface area (Å²) >= 11 is 1.90. The zero-order valence-electron chi connectivity index (χ0n) is 14.0. The molecule has 3 nitrogen and oxygen atoms in total. The standard InChI is InChI=1S/C17H30N2OS/c1-5-10-18-11-15-14(12-20-4)19-16(21-15)13-6-8-17(2,3)9-7-13/h13,18H,5-12H2,1-4H3. The molecule has 0 atom stereocenters. The minimum Gasteiger partial charge on any atom is -0.378 e. The number of ether oxygens (including phenoxy) is 1. The van der Waals surface area contributed by atoms with Crippen molar-refractivity contribution in [1.82, 2.24) is 10.3 Å². The molecule has 0 aliphatic heterocycles. The van der Waals surface area contributed by atoms with E-state index in [1.54, 1.807) is 7.11 Å². The van der Waals surface area contributed by atoms with Crippen LogP contribution < -0.4 is 5.32 Å². The maximum absolute atomic E-state index is 5.32. The van der Waals surface area contributed by atoms with Gasteiger partial charge in [-0.05, 0) is 44.1 Å². The van der Waals surface area contributed by atoms with Gasteiger partial charge in [0.25, 0.3) is 0 Å². The summed E-state index contributed by atoms with van der Waals surface area (Å²) in [5.74, 6) is 0.665. The number of thiazole rings is 1. The van der Waals surface area contributed by atoms with E-state index in [2.05, 4.69) is 26.1 Å². The molecular formula is C17H30N2OS. The first-order chi connectivity index (χ1) is 10.1. The predicted octanol–water partition coefficient (Wildman–Crippen LogP) is 4.47. The van der Waals surface area contributed by atoms with E-state index in [9.17, 15) is 0 Å². The summed E-state index contributed by atoms with van der Waals surface area (Å²) in [7, 11) is 1.76. The van der Waals surface area contributed by atoms with Crippen LogP contribution in [0.1, 0.15) is 74.4 Å². The van der Waals surface area contributed by atoms with Gasteiger partial charge in [-0.2, -0.15) is 0 Å². The van der Waals surface area contributed by atoms with Crippen molar-refractivity contribution in [2.75, 3.05) is 13.7 Å². The Kier molecular flexibility index (Phi) is 6.20. The molecule has 1 aliphatic carbocycles. The van der Waals surface area contributed by atoms with E-state index >= 15 is 0 Å². The molecule has 0 saturated heterocycles. The summed E-state index contributed by atoms with van der Waals surface area (Å²) in [6.45, 7) is 9.62. The van der Waals surface area contributed by atoms with E-state index in [1.165, 1.54) is 42.0 Å². The van der Waals surface area contributed by atoms with E-state index in [0.29, 0.717) is 17.9 Å². The number of rotatable bonds is 7. The number of nitrogens with one attached hydrogen (secondary N) is 1. The van der Waals surface area contributed by atoms with Crippen molar-refractivity contribution in [3.63, 3.8) is 0 Å². The van der Waals surface area contributed by atoms with Crippen LogP contribution in [-0.4, -0.2) is 18.6 Å². The topological polar surface area (TPSA) is 34.2 Å². The van der Waals surface area contributed by atoms with Crippen molar-refractivity contribution in [2.24, 2.45) is 5.41 Å². The second-order valence-electron chi connectivity index (χ2n) is 6.97. The average molecular weight is 311 g/mol. The Morgan fingerprint density at radius 2 is 2.05 bits per heavy atom. The molecule has 1 aromatic heterocycles. The zero-order chi connectivity index (χ0) is 15.3. The van der Waals surface area contributed by atoms with Crippen LogP contribution in [0.15, 0.2) is 0 Å². The molecule has 0 radical (unpaired) electrons. The van der Waals surface area contributed by atoms with Gasteiger partial charge in [-0.25, -0.2) is 4.98 Å². The van der Waals surface area contributed by atoms with Crippen LogP contribution in [0.25, 0.3) is 0 Å². The zero-order valence-corrected chi connectivity index (χ0v) is 14.8. The normalized spacial score (nSPS) is 19.0. The third kappa shape index (κ3) is 4.76. The summed E-state index contributed by atoms with van der Waals surface area (Å²) in [5, 5.41) is 4.83. The molecule has 0 amide bonds. The third-order valence-corrected chi connectivity index (χ3v) is 5.74. The lowest BCUT2D eigenvalue weighted by Crippen LogP contribution is -2.20. The van der Waals surface area contributed by atoms with Gasteiger partial charge in [0.1, 0.15) is 0 Å². The van der Waals surface area contributed by atoms with Crippen molar-refractivity contribution in [2.45, 2.75) is 71.9 Å². The number of hydrogen-bond acceptors (Lipinski definition) is 4. The fraction of sp³-hybridized carbons (Fsp3) is 0.824. The van der Waals surface area contributed by atoms with Crippen LogP contribution in [0, 0.1) is 5.41 Å². The lowest BCUT2D eigenvalue weighted by molar-refractivity contribution is 0.180. The number of nitrogens with zero attached hydrogens (tertiary/aromatic N) is 1. The monoisotopic (exact) mass is 310 g/mol. The van der Waals surface area contributed by atoms with Crippen LogP contribution in [0.5, 0.6) is 0 Å². The minimum absolute atomic E-state index is 0.522. The van der Waals surface area contributed by atoms with Crippen LogP contribution in [0.2, 0.25) is 0 Å². The van der Waals surface area contributed by atoms with Gasteiger partial charge < -0.3 is 10.1 Å². The molecule has 1 heterocycles. The van der Waals surface area contributed by atoms with Crippen LogP contribution >= 0.6 is 11.3 Å². The van der Waals surface area contributed by atoms with Gasteiger partial charge in [0.05, 0.1) is 17.3 Å². The Bertz CT molecular complexity index is 432. The molecule has 1 saturated carbocycles. The molecule has 1 aliphatic rings. The first-order valence-electron chi connectivity index (χ1n) is 8.24. The SMILES string of the molecule is CCCNCc1sc(C2CCC(C)(C)CC2)nc1COC. The molecule has 21 heavy (non-hydrogen) atoms. The van der Waals surface area contributed by atoms with Crippen LogP contribution in [0.3, 0.4) is 0 Å². The highest BCUT2D eigenvalue weighted by Crippen LogP contribution is 2.43. The quantitative estimate of drug-likeness (QED) is 0.754. The smallest absolute Gasteiger partial charge is 0.0963 e. The van der Waals surface area contributed by atoms with Gasteiger partial charge in [-0.15, -0.1) is 11.3 Å². The first kappa shape index (κ1) is 16.9. The van der Waals surface area contributed by atoms with Gasteiger partial charge in [-0.1, -0.05) is 20.8 Å². The Hall–Kier alpha value is -0.450. The highest BCUT2D eigenvalue weighted by Gasteiger charge is 2.29. The number of hydrogen-bond donors (Lipinski definition) is 1. The summed E-state index contributed by atoms with van der Waals surface area (Å²) in [4.78, 5) is 6.27. The largest absolute Gasteiger partial charge is 0.378 e. The van der Waals surface area contributed by atoms with Crippen molar-refractivity contribution >= 4 is 11.3 Å². The van der Waals surface area contributed by atoms with Crippen molar-refractivity contribution in [1.29, 1.82) is 0 Å². The molecule has 4 heteroatoms. The first-order valence-corrected chi connectivity index (χ1v) is 9.05. The number of aromatic nitrogens is 1. The Morgan fingerprint density at radius 1 is 1.33 bits per heavy atom. The molecule has 0 aromatic carbocycles. The molecule has 1 N–H and O–H groups in total. The van der Waals surface area contributed by atoms with Gasteiger partial charge in [0, 0.05) is 24.4 Å². The average Bonchev–Trinajstić information content (AvgIpc) is 2.83. The van der Waals surface area contributed by atoms with E-state index in [-0.39, 0.29) is 0 Å². The molecule has 1 aromatic rings. The second-order valence-corrected chi connectivity index (χ2v) is 8.09. The van der Waals surface area contributed by atoms with Crippen molar-refractivity contribution in [3.8, 4) is 0 Å². The van der Waals surface area contributed by atoms with Crippen LogP contribution in [-0.2, 0) is 17.9 Å². The van der Waals surface area contributed by atoms with E-state index in [0.717, 1.165) is 18.8 Å². The molecule has 0 bridgehead atoms. The predicted molar refractivity (Wildman–Crippen MR) is 89.8 cm³/mol. The van der Waals surface area contributed by atoms with Gasteiger partial charge in [0.15, 0.2) is 0 Å². The van der Waals surface area contributed by atoms with Gasteiger partial charge in [0.2, 0.25) is 0 Å². The Labute approximate surface area is 133 Å². The van der Waals surface area contributed by atoms with Crippen molar-refractivity contribution in [3.05, 3.63) is 15.6 Å². The Morgan fingerprint density at radius 3 is 2.67 bits per heavy atom. The summed E-state index contributed by atoms with van der Waals surface area (Å²) < 4.78 is 5.32. The molecular weight excluding hydrogens is 280 g/mol. The molecule has 2 rings (SSSR count). The summed E-state index contributed by atoms with van der Waals surface area (Å²) in [5.41, 5.74) is 1.67. The summed E-state index contributed by atoms with van der Waals surface area (Å²) in [6.07, 6.45) is 6.38. The maximum Gasteiger partial charge on any atom is 0.0963 e. The summed E-state index contributed by atoms with van der Waals surface area (Å²) in [6, 6.07) is 0. The fourth-order valence-electron chi connectivity index (χ4n) is 2.99. The Balaban J connectivity index is 2.04. The third-order valence-electron chi connectivity index (χ3n) is 4.48. The van der Waals surface area contributed by atoms with E-state index < -0.39 is 0 Å². The lowest BCUT2D eigenvalue weighted by Gasteiger charge is -2.33. The molecule has 0 unspecified atom stereocenters. The highest BCUT2D eigenvalue weighted by atomic mass is 32.1. The van der Waals surface area contributed by atoms with Gasteiger partial charge in [-0.3, -0.25) is 0 Å². The fourth-order valence-corrected chi connectivity index (χ4v) is 4.20. The van der Waals surface area contributed by atoms with Gasteiger partial charge >= 0.3 is 0 Å². The lowest BCUT2D eigenvalue weighted by atomic mass is 9.73. The van der Waals surface area contributed by atoms with E-state index in [4.69, 9.17) is 9.72 Å². The molecule has 1 fully saturated rings. The van der Waals surface area contributed by atoms with E-state index in [1.807, 2.05) is 11.3 Å². The minimum atomic E-state index is 0.522. The molecule has 0 spiro atoms. The highest BCUT2D eigenvalue weighted by molar-refractivity contribution is 7.11. The van der Waals surface area contributed by atoms with Crippen molar-refractivity contribution < 1.29 is 4.74 Å². The maximum atomic E-state index is 5.32. The van der Waals surface area contributed by atoms with Crippen LogP contribution in [0.4, 0.5) is 0 Å². The second kappa shape index (κ2) is 7.70. The molecule has 120 valence electrons.